The summed E-state index contributed by atoms with van der Waals surface area (Å²) >= 11 is 0. The van der Waals surface area contributed by atoms with E-state index in [0.717, 1.165) is 72.2 Å². The summed E-state index contributed by atoms with van der Waals surface area (Å²) in [5, 5.41) is 12.9. The molecule has 3 heterocycles. The maximum atomic E-state index is 10.9. The van der Waals surface area contributed by atoms with E-state index in [-0.39, 0.29) is 26.8 Å². The predicted molar refractivity (Wildman–Crippen MR) is 188 cm³/mol. The molecule has 0 bridgehead atoms. The number of hydrogen-bond acceptors (Lipinski definition) is 4. The van der Waals surface area contributed by atoms with Crippen LogP contribution in [0.4, 0.5) is 0 Å². The van der Waals surface area contributed by atoms with E-state index in [0.29, 0.717) is 11.4 Å². The zero-order valence-corrected chi connectivity index (χ0v) is 27.7. The molecule has 0 saturated heterocycles. The van der Waals surface area contributed by atoms with Crippen molar-refractivity contribution in [3.05, 3.63) is 158 Å². The van der Waals surface area contributed by atoms with E-state index >= 15 is 0 Å². The van der Waals surface area contributed by atoms with Crippen molar-refractivity contribution in [2.75, 3.05) is 0 Å². The van der Waals surface area contributed by atoms with Gasteiger partial charge in [0.2, 0.25) is 0 Å². The number of nitrogens with zero attached hydrogens (tertiary/aromatic N) is 3. The Morgan fingerprint density at radius 2 is 1.38 bits per heavy atom. The Morgan fingerprint density at radius 3 is 2.21 bits per heavy atom. The number of rotatable bonds is 5. The van der Waals surface area contributed by atoms with Gasteiger partial charge in [0.25, 0.3) is 0 Å². The van der Waals surface area contributed by atoms with Crippen LogP contribution in [-0.4, -0.2) is 19.6 Å². The van der Waals surface area contributed by atoms with Crippen LogP contribution in [0.15, 0.2) is 156 Å². The van der Waals surface area contributed by atoms with Gasteiger partial charge in [-0.25, -0.2) is 4.98 Å². The first-order valence-electron chi connectivity index (χ1n) is 15.5. The number of phenolic OH excluding ortho intramolecular Hbond substituents is 1. The van der Waals surface area contributed by atoms with Crippen molar-refractivity contribution in [1.82, 2.24) is 14.5 Å². The van der Waals surface area contributed by atoms with Crippen molar-refractivity contribution in [3.63, 3.8) is 0 Å². The number of imidazole rings is 1. The van der Waals surface area contributed by atoms with Crippen molar-refractivity contribution >= 4 is 33.0 Å². The Hall–Kier alpha value is -5.77. The van der Waals surface area contributed by atoms with Crippen LogP contribution >= 0.6 is 0 Å². The molecule has 6 aromatic carbocycles. The van der Waals surface area contributed by atoms with Crippen molar-refractivity contribution < 1.29 is 30.6 Å². The van der Waals surface area contributed by atoms with Gasteiger partial charge in [-0.2, -0.15) is 0 Å². The van der Waals surface area contributed by atoms with E-state index < -0.39 is 0 Å². The summed E-state index contributed by atoms with van der Waals surface area (Å²) in [4.78, 5) is 10.0. The summed E-state index contributed by atoms with van der Waals surface area (Å²) in [7, 11) is 0. The second-order valence-corrected chi connectivity index (χ2v) is 11.5. The van der Waals surface area contributed by atoms with Gasteiger partial charge < -0.3 is 9.52 Å². The number of aromatic hydroxyl groups is 1. The molecular formula is C42H26N3O2Pt-. The molecule has 9 aromatic rings. The standard InChI is InChI=1S/C42H26N3O2.Pt/c46-38-20-9-7-17-33(38)42-44-40-31(18-11-19-37(40)45(42)30-14-5-2-6-15-30)29-24-34-32-16-8-10-21-39(32)47-41(34)35(25-29)36-26-28(22-23-43-36)27-12-3-1-4-13-27;/h1-24,26,46H;/q-1;. The fourth-order valence-corrected chi connectivity index (χ4v) is 6.47. The fraction of sp³-hybridized carbons (Fsp3) is 0. The van der Waals surface area contributed by atoms with Crippen LogP contribution in [0.3, 0.4) is 0 Å². The summed E-state index contributed by atoms with van der Waals surface area (Å²) in [6.45, 7) is 0. The molecular weight excluding hydrogens is 774 g/mol. The van der Waals surface area contributed by atoms with Crippen molar-refractivity contribution in [2.24, 2.45) is 0 Å². The van der Waals surface area contributed by atoms with Gasteiger partial charge in [0.05, 0.1) is 22.2 Å². The third-order valence-corrected chi connectivity index (χ3v) is 8.67. The summed E-state index contributed by atoms with van der Waals surface area (Å²) in [5.41, 5.74) is 10.4. The van der Waals surface area contributed by atoms with E-state index in [4.69, 9.17) is 14.4 Å². The number of phenols is 1. The molecule has 0 radical (unpaired) electrons. The molecule has 0 amide bonds. The van der Waals surface area contributed by atoms with Crippen LogP contribution in [0.25, 0.3) is 83.6 Å². The second-order valence-electron chi connectivity index (χ2n) is 11.5. The zero-order chi connectivity index (χ0) is 31.3. The normalized spacial score (nSPS) is 11.2. The van der Waals surface area contributed by atoms with Gasteiger partial charge in [0, 0.05) is 44.0 Å². The average molecular weight is 800 g/mol. The predicted octanol–water partition coefficient (Wildman–Crippen LogP) is 10.5. The van der Waals surface area contributed by atoms with Crippen LogP contribution in [0.5, 0.6) is 5.75 Å². The maximum absolute atomic E-state index is 10.9. The quantitative estimate of drug-likeness (QED) is 0.176. The smallest absolute Gasteiger partial charge is 0.148 e. The van der Waals surface area contributed by atoms with Crippen LogP contribution < -0.4 is 0 Å². The number of benzene rings is 6. The van der Waals surface area contributed by atoms with Gasteiger partial charge in [-0.1, -0.05) is 108 Å². The Labute approximate surface area is 291 Å². The molecule has 0 spiro atoms. The number of fused-ring (bicyclic) bond motifs is 4. The molecule has 0 saturated carbocycles. The van der Waals surface area contributed by atoms with Gasteiger partial charge in [-0.05, 0) is 59.0 Å². The van der Waals surface area contributed by atoms with Gasteiger partial charge in [-0.15, -0.1) is 17.7 Å². The molecule has 1 N–H and O–H groups in total. The molecule has 9 rings (SSSR count). The number of furan rings is 1. The second kappa shape index (κ2) is 12.1. The molecule has 0 unspecified atom stereocenters. The third-order valence-electron chi connectivity index (χ3n) is 8.67. The molecule has 48 heavy (non-hydrogen) atoms. The molecule has 6 heteroatoms. The van der Waals surface area contributed by atoms with Crippen LogP contribution in [0, 0.1) is 6.07 Å². The van der Waals surface area contributed by atoms with Crippen LogP contribution in [0.1, 0.15) is 0 Å². The minimum atomic E-state index is 0. The molecule has 0 atom stereocenters. The number of hydrogen-bond donors (Lipinski definition) is 1. The summed E-state index contributed by atoms with van der Waals surface area (Å²) < 4.78 is 8.60. The summed E-state index contributed by atoms with van der Waals surface area (Å²) in [6, 6.07) is 52.0. The van der Waals surface area contributed by atoms with Gasteiger partial charge in [-0.3, -0.25) is 9.55 Å². The summed E-state index contributed by atoms with van der Waals surface area (Å²) in [6.07, 6.45) is 1.84. The van der Waals surface area contributed by atoms with Crippen LogP contribution in [0.2, 0.25) is 0 Å². The number of para-hydroxylation sites is 4. The molecule has 0 fully saturated rings. The van der Waals surface area contributed by atoms with Crippen molar-refractivity contribution in [3.8, 4) is 56.3 Å². The SMILES string of the molecule is Oc1ccccc1-c1nc2c(-c3[c-]c(-c4cc(-c5ccccc5)ccn4)c4oc5ccccc5c4c3)cccc2n1-c1ccccc1.[Pt]. The van der Waals surface area contributed by atoms with Gasteiger partial charge in [0.15, 0.2) is 0 Å². The molecule has 0 aliphatic carbocycles. The molecule has 0 aliphatic heterocycles. The topological polar surface area (TPSA) is 64.1 Å². The molecule has 5 nitrogen and oxygen atoms in total. The Morgan fingerprint density at radius 1 is 0.646 bits per heavy atom. The van der Waals surface area contributed by atoms with E-state index in [2.05, 4.69) is 65.2 Å². The van der Waals surface area contributed by atoms with Crippen molar-refractivity contribution in [1.29, 1.82) is 0 Å². The van der Waals surface area contributed by atoms with Gasteiger partial charge in [0.1, 0.15) is 17.2 Å². The van der Waals surface area contributed by atoms with Gasteiger partial charge >= 0.3 is 0 Å². The van der Waals surface area contributed by atoms with Crippen LogP contribution in [-0.2, 0) is 21.1 Å². The minimum Gasteiger partial charge on any atom is -0.507 e. The van der Waals surface area contributed by atoms with E-state index in [9.17, 15) is 5.11 Å². The molecule has 232 valence electrons. The zero-order valence-electron chi connectivity index (χ0n) is 25.4. The first-order valence-corrected chi connectivity index (χ1v) is 15.5. The Balaban J connectivity index is 0.00000336. The number of pyridine rings is 1. The monoisotopic (exact) mass is 799 g/mol. The maximum Gasteiger partial charge on any atom is 0.148 e. The largest absolute Gasteiger partial charge is 0.507 e. The number of aromatic nitrogens is 3. The first-order chi connectivity index (χ1) is 23.2. The summed E-state index contributed by atoms with van der Waals surface area (Å²) in [5.74, 6) is 0.829. The van der Waals surface area contributed by atoms with E-state index in [1.165, 1.54) is 0 Å². The van der Waals surface area contributed by atoms with Crippen molar-refractivity contribution in [2.45, 2.75) is 0 Å². The average Bonchev–Trinajstić information content (AvgIpc) is 3.71. The minimum absolute atomic E-state index is 0. The Bertz CT molecular complexity index is 2590. The first kappa shape index (κ1) is 29.6. The third kappa shape index (κ3) is 4.92. The molecule has 0 aliphatic rings. The van der Waals surface area contributed by atoms with E-state index in [1.807, 2.05) is 91.1 Å². The van der Waals surface area contributed by atoms with E-state index in [1.54, 1.807) is 6.07 Å². The fourth-order valence-electron chi connectivity index (χ4n) is 6.47. The molecule has 3 aromatic heterocycles. The Kier molecular flexibility index (Phi) is 7.47.